The first-order chi connectivity index (χ1) is 9.69. The highest BCUT2D eigenvalue weighted by Crippen LogP contribution is 2.17. The van der Waals surface area contributed by atoms with Gasteiger partial charge in [-0.05, 0) is 12.8 Å². The van der Waals surface area contributed by atoms with Crippen molar-refractivity contribution in [3.8, 4) is 0 Å². The summed E-state index contributed by atoms with van der Waals surface area (Å²) in [5.74, 6) is 0.792. The summed E-state index contributed by atoms with van der Waals surface area (Å²) in [6, 6.07) is 0. The topological polar surface area (TPSA) is 61.8 Å². The van der Waals surface area contributed by atoms with Crippen molar-refractivity contribution >= 4 is 46.4 Å². The molecular weight excluding hydrogens is 401 g/mol. The quantitative estimate of drug-likeness (QED) is 0.427. The van der Waals surface area contributed by atoms with E-state index in [1.165, 1.54) is 0 Å². The summed E-state index contributed by atoms with van der Waals surface area (Å²) in [4.78, 5) is 10.8. The van der Waals surface area contributed by atoms with Crippen LogP contribution in [0.4, 0.5) is 5.13 Å². The molecule has 2 heterocycles. The number of halogens is 1. The summed E-state index contributed by atoms with van der Waals surface area (Å²) in [7, 11) is 5.77. The summed E-state index contributed by atoms with van der Waals surface area (Å²) in [5.41, 5.74) is 1.03. The Kier molecular flexibility index (Phi) is 8.27. The fourth-order valence-corrected chi connectivity index (χ4v) is 2.75. The van der Waals surface area contributed by atoms with E-state index in [4.69, 9.17) is 4.74 Å². The Hall–Kier alpha value is -0.610. The van der Waals surface area contributed by atoms with Crippen LogP contribution in [-0.2, 0) is 11.3 Å². The highest BCUT2D eigenvalue weighted by atomic mass is 127. The Morgan fingerprint density at radius 1 is 1.52 bits per heavy atom. The van der Waals surface area contributed by atoms with E-state index in [2.05, 4.69) is 26.0 Å². The highest BCUT2D eigenvalue weighted by molar-refractivity contribution is 14.0. The van der Waals surface area contributed by atoms with E-state index in [0.29, 0.717) is 12.6 Å². The molecule has 0 amide bonds. The minimum Gasteiger partial charge on any atom is -0.376 e. The van der Waals surface area contributed by atoms with Gasteiger partial charge in [0.1, 0.15) is 0 Å². The second-order valence-corrected chi connectivity index (χ2v) is 5.79. The van der Waals surface area contributed by atoms with Gasteiger partial charge in [-0.3, -0.25) is 4.99 Å². The third-order valence-electron chi connectivity index (χ3n) is 3.10. The molecule has 0 bridgehead atoms. The molecule has 1 atom stereocenters. The predicted molar refractivity (Wildman–Crippen MR) is 99.0 cm³/mol. The maximum absolute atomic E-state index is 5.58. The lowest BCUT2D eigenvalue weighted by Crippen LogP contribution is -2.40. The number of thiazole rings is 1. The van der Waals surface area contributed by atoms with Gasteiger partial charge in [-0.2, -0.15) is 0 Å². The molecule has 1 aliphatic rings. The van der Waals surface area contributed by atoms with Gasteiger partial charge in [0.2, 0.25) is 0 Å². The molecule has 1 saturated heterocycles. The van der Waals surface area contributed by atoms with Gasteiger partial charge in [-0.15, -0.1) is 35.3 Å². The van der Waals surface area contributed by atoms with Crippen molar-refractivity contribution in [3.63, 3.8) is 0 Å². The molecule has 6 nitrogen and oxygen atoms in total. The van der Waals surface area contributed by atoms with Gasteiger partial charge in [0.15, 0.2) is 11.1 Å². The van der Waals surface area contributed by atoms with Crippen LogP contribution in [0.5, 0.6) is 0 Å². The molecule has 1 fully saturated rings. The number of guanidine groups is 1. The van der Waals surface area contributed by atoms with Crippen LogP contribution in [0.15, 0.2) is 10.4 Å². The molecule has 0 spiro atoms. The van der Waals surface area contributed by atoms with Crippen molar-refractivity contribution in [2.75, 3.05) is 39.2 Å². The smallest absolute Gasteiger partial charge is 0.191 e. The second kappa shape index (κ2) is 9.42. The zero-order valence-corrected chi connectivity index (χ0v) is 15.9. The molecule has 1 aromatic rings. The van der Waals surface area contributed by atoms with Gasteiger partial charge in [0, 0.05) is 39.7 Å². The van der Waals surface area contributed by atoms with Crippen molar-refractivity contribution in [3.05, 3.63) is 11.1 Å². The third kappa shape index (κ3) is 5.95. The number of hydrogen-bond donors (Lipinski definition) is 2. The Labute approximate surface area is 147 Å². The Balaban J connectivity index is 0.00000220. The van der Waals surface area contributed by atoms with Crippen LogP contribution in [0.25, 0.3) is 0 Å². The second-order valence-electron chi connectivity index (χ2n) is 4.96. The minimum absolute atomic E-state index is 0. The highest BCUT2D eigenvalue weighted by Gasteiger charge is 2.15. The predicted octanol–water partition coefficient (Wildman–Crippen LogP) is 1.67. The van der Waals surface area contributed by atoms with Crippen LogP contribution in [0.1, 0.15) is 18.5 Å². The molecule has 0 saturated carbocycles. The Morgan fingerprint density at radius 2 is 2.33 bits per heavy atom. The lowest BCUT2D eigenvalue weighted by atomic mass is 10.2. The fourth-order valence-electron chi connectivity index (χ4n) is 1.99. The molecule has 8 heteroatoms. The summed E-state index contributed by atoms with van der Waals surface area (Å²) in [6.07, 6.45) is 2.60. The molecule has 1 aromatic heterocycles. The number of aliphatic imine (C=N–C) groups is 1. The van der Waals surface area contributed by atoms with E-state index >= 15 is 0 Å². The van der Waals surface area contributed by atoms with Crippen LogP contribution >= 0.6 is 35.3 Å². The standard InChI is InChI=1S/C13H23N5OS.HI/c1-14-12(16-8-11-5-4-6-19-11)15-7-10-9-20-13(17-10)18(2)3;/h9,11H,4-8H2,1-3H3,(H2,14,15,16);1H. The van der Waals surface area contributed by atoms with Crippen molar-refractivity contribution in [1.29, 1.82) is 0 Å². The fraction of sp³-hybridized carbons (Fsp3) is 0.692. The van der Waals surface area contributed by atoms with Crippen molar-refractivity contribution in [2.24, 2.45) is 4.99 Å². The van der Waals surface area contributed by atoms with Gasteiger partial charge in [-0.1, -0.05) is 0 Å². The molecule has 21 heavy (non-hydrogen) atoms. The number of ether oxygens (including phenoxy) is 1. The Morgan fingerprint density at radius 3 is 2.90 bits per heavy atom. The SMILES string of the molecule is CN=C(NCc1csc(N(C)C)n1)NCC1CCCO1.I. The minimum atomic E-state index is 0. The third-order valence-corrected chi connectivity index (χ3v) is 4.16. The summed E-state index contributed by atoms with van der Waals surface area (Å²) < 4.78 is 5.58. The van der Waals surface area contributed by atoms with E-state index in [1.807, 2.05) is 19.0 Å². The molecule has 0 radical (unpaired) electrons. The first-order valence-electron chi connectivity index (χ1n) is 6.87. The van der Waals surface area contributed by atoms with E-state index in [0.717, 1.165) is 42.8 Å². The zero-order valence-electron chi connectivity index (χ0n) is 12.8. The van der Waals surface area contributed by atoms with Gasteiger partial charge in [0.25, 0.3) is 0 Å². The molecule has 2 N–H and O–H groups in total. The zero-order chi connectivity index (χ0) is 14.4. The summed E-state index contributed by atoms with van der Waals surface area (Å²) in [5, 5.41) is 9.64. The number of nitrogens with one attached hydrogen (secondary N) is 2. The van der Waals surface area contributed by atoms with Crippen LogP contribution < -0.4 is 15.5 Å². The van der Waals surface area contributed by atoms with Crippen LogP contribution in [0.2, 0.25) is 0 Å². The molecular formula is C13H24IN5OS. The van der Waals surface area contributed by atoms with Crippen molar-refractivity contribution < 1.29 is 4.74 Å². The number of hydrogen-bond acceptors (Lipinski definition) is 5. The lowest BCUT2D eigenvalue weighted by molar-refractivity contribution is 0.114. The molecule has 120 valence electrons. The number of aromatic nitrogens is 1. The van der Waals surface area contributed by atoms with Gasteiger partial charge in [-0.25, -0.2) is 4.98 Å². The average Bonchev–Trinajstić information content (AvgIpc) is 3.10. The molecule has 0 aromatic carbocycles. The van der Waals surface area contributed by atoms with E-state index < -0.39 is 0 Å². The first-order valence-corrected chi connectivity index (χ1v) is 7.75. The van der Waals surface area contributed by atoms with Crippen molar-refractivity contribution in [2.45, 2.75) is 25.5 Å². The number of rotatable bonds is 5. The van der Waals surface area contributed by atoms with Gasteiger partial charge in [0.05, 0.1) is 18.3 Å². The van der Waals surface area contributed by atoms with Crippen LogP contribution in [0.3, 0.4) is 0 Å². The molecule has 0 aliphatic carbocycles. The van der Waals surface area contributed by atoms with E-state index in [-0.39, 0.29) is 24.0 Å². The lowest BCUT2D eigenvalue weighted by Gasteiger charge is -2.14. The maximum atomic E-state index is 5.58. The van der Waals surface area contributed by atoms with Crippen molar-refractivity contribution in [1.82, 2.24) is 15.6 Å². The number of anilines is 1. The summed E-state index contributed by atoms with van der Waals surface area (Å²) >= 11 is 1.65. The maximum Gasteiger partial charge on any atom is 0.191 e. The summed E-state index contributed by atoms with van der Waals surface area (Å²) in [6.45, 7) is 2.36. The normalized spacial score (nSPS) is 18.2. The van der Waals surface area contributed by atoms with Gasteiger partial charge >= 0.3 is 0 Å². The average molecular weight is 425 g/mol. The molecule has 1 unspecified atom stereocenters. The monoisotopic (exact) mass is 425 g/mol. The number of nitrogens with zero attached hydrogens (tertiary/aromatic N) is 3. The first kappa shape index (κ1) is 18.4. The molecule has 2 rings (SSSR count). The van der Waals surface area contributed by atoms with Crippen LogP contribution in [0, 0.1) is 0 Å². The van der Waals surface area contributed by atoms with Crippen LogP contribution in [-0.4, -0.2) is 51.3 Å². The largest absolute Gasteiger partial charge is 0.376 e. The van der Waals surface area contributed by atoms with Gasteiger partial charge < -0.3 is 20.3 Å². The van der Waals surface area contributed by atoms with E-state index in [1.54, 1.807) is 18.4 Å². The molecule has 1 aliphatic heterocycles. The van der Waals surface area contributed by atoms with E-state index in [9.17, 15) is 0 Å². The Bertz CT molecular complexity index is 446.